The Morgan fingerprint density at radius 1 is 0.583 bits per heavy atom. The summed E-state index contributed by atoms with van der Waals surface area (Å²) in [5.41, 5.74) is 1.50. The zero-order valence-electron chi connectivity index (χ0n) is 19.9. The van der Waals surface area contributed by atoms with Gasteiger partial charge in [0, 0.05) is 19.6 Å². The van der Waals surface area contributed by atoms with Gasteiger partial charge >= 0.3 is 0 Å². The van der Waals surface area contributed by atoms with Gasteiger partial charge in [0.1, 0.15) is 0 Å². The summed E-state index contributed by atoms with van der Waals surface area (Å²) in [5, 5.41) is 5.97. The third kappa shape index (κ3) is 7.75. The van der Waals surface area contributed by atoms with Gasteiger partial charge in [0.25, 0.3) is 0 Å². The molecule has 4 aromatic carbocycles. The van der Waals surface area contributed by atoms with Gasteiger partial charge < -0.3 is 10.6 Å². The molecule has 7 heteroatoms. The van der Waals surface area contributed by atoms with E-state index in [1.54, 1.807) is 35.5 Å². The summed E-state index contributed by atoms with van der Waals surface area (Å²) in [7, 11) is 1.76. The lowest BCUT2D eigenvalue weighted by Crippen LogP contribution is -2.36. The molecule has 0 saturated carbocycles. The second-order valence-electron chi connectivity index (χ2n) is 8.09. The summed E-state index contributed by atoms with van der Waals surface area (Å²) >= 11 is 3.19. The van der Waals surface area contributed by atoms with E-state index >= 15 is 0 Å². The first kappa shape index (κ1) is 25.6. The summed E-state index contributed by atoms with van der Waals surface area (Å²) in [6.07, 6.45) is 0. The quantitative estimate of drug-likeness (QED) is 0.254. The van der Waals surface area contributed by atoms with Crippen molar-refractivity contribution in [2.45, 2.75) is 19.6 Å². The molecule has 182 valence electrons. The minimum atomic E-state index is -0.175. The summed E-state index contributed by atoms with van der Waals surface area (Å²) in [4.78, 5) is 31.3. The first-order valence-electron chi connectivity index (χ1n) is 11.5. The van der Waals surface area contributed by atoms with Crippen LogP contribution in [0.5, 0.6) is 0 Å². The van der Waals surface area contributed by atoms with Crippen LogP contribution in [0, 0.1) is 0 Å². The monoisotopic (exact) mass is 513 g/mol. The van der Waals surface area contributed by atoms with E-state index in [-0.39, 0.29) is 24.9 Å². The molecule has 0 aromatic heterocycles. The van der Waals surface area contributed by atoms with Gasteiger partial charge in [-0.15, -0.1) is 0 Å². The third-order valence-corrected chi connectivity index (χ3v) is 7.26. The van der Waals surface area contributed by atoms with Crippen molar-refractivity contribution < 1.29 is 9.59 Å². The number of hydrogen-bond donors (Lipinski definition) is 2. The highest BCUT2D eigenvalue weighted by atomic mass is 32.2. The molecular weight excluding hydrogens is 486 g/mol. The molecule has 0 aliphatic heterocycles. The number of para-hydroxylation sites is 2. The topological polar surface area (TPSA) is 61.4 Å². The van der Waals surface area contributed by atoms with Crippen molar-refractivity contribution in [3.63, 3.8) is 0 Å². The Bertz CT molecular complexity index is 1200. The van der Waals surface area contributed by atoms with Crippen molar-refractivity contribution in [2.75, 3.05) is 30.8 Å². The molecule has 4 aromatic rings. The van der Waals surface area contributed by atoms with Crippen LogP contribution in [-0.2, 0) is 9.59 Å². The third-order valence-electron chi connectivity index (χ3n) is 5.09. The molecule has 0 atom stereocenters. The van der Waals surface area contributed by atoms with Gasteiger partial charge in [-0.1, -0.05) is 84.2 Å². The van der Waals surface area contributed by atoms with Crippen molar-refractivity contribution in [3.05, 3.63) is 109 Å². The number of rotatable bonds is 10. The van der Waals surface area contributed by atoms with E-state index in [4.69, 9.17) is 0 Å². The SMILES string of the molecule is CN(CC(=O)Nc1ccccc1Sc1ccccc1)CC(=O)Nc1ccccc1Sc1ccccc1. The number of anilines is 2. The standard InChI is InChI=1S/C29H27N3O2S2/c1-32(20-28(33)30-24-16-8-10-18-26(24)35-22-12-4-2-5-13-22)21-29(34)31-25-17-9-11-19-27(25)36-23-14-6-3-7-15-23/h2-19H,20-21H2,1H3,(H,30,33)(H,31,34). The summed E-state index contributed by atoms with van der Waals surface area (Å²) < 4.78 is 0. The molecule has 0 spiro atoms. The highest BCUT2D eigenvalue weighted by molar-refractivity contribution is 7.99. The van der Waals surface area contributed by atoms with E-state index in [1.165, 1.54) is 0 Å². The molecule has 0 heterocycles. The van der Waals surface area contributed by atoms with E-state index in [0.717, 1.165) is 31.0 Å². The van der Waals surface area contributed by atoms with Crippen LogP contribution in [0.4, 0.5) is 11.4 Å². The number of carbonyl (C=O) groups is 2. The zero-order valence-corrected chi connectivity index (χ0v) is 21.5. The van der Waals surface area contributed by atoms with Crippen LogP contribution in [-0.4, -0.2) is 36.9 Å². The average Bonchev–Trinajstić information content (AvgIpc) is 2.87. The van der Waals surface area contributed by atoms with E-state index in [0.29, 0.717) is 0 Å². The number of benzene rings is 4. The molecule has 0 bridgehead atoms. The molecular formula is C29H27N3O2S2. The van der Waals surface area contributed by atoms with Crippen LogP contribution in [0.3, 0.4) is 0 Å². The molecule has 2 N–H and O–H groups in total. The van der Waals surface area contributed by atoms with Crippen molar-refractivity contribution in [1.29, 1.82) is 0 Å². The van der Waals surface area contributed by atoms with Gasteiger partial charge in [-0.3, -0.25) is 14.5 Å². The lowest BCUT2D eigenvalue weighted by atomic mass is 10.3. The Labute approximate surface area is 220 Å². The van der Waals surface area contributed by atoms with Gasteiger partial charge in [-0.05, 0) is 55.6 Å². The first-order chi connectivity index (χ1) is 17.6. The number of carbonyl (C=O) groups excluding carboxylic acids is 2. The first-order valence-corrected chi connectivity index (χ1v) is 13.1. The van der Waals surface area contributed by atoms with E-state index in [9.17, 15) is 9.59 Å². The van der Waals surface area contributed by atoms with Crippen LogP contribution in [0.25, 0.3) is 0 Å². The number of nitrogens with zero attached hydrogens (tertiary/aromatic N) is 1. The van der Waals surface area contributed by atoms with Crippen molar-refractivity contribution >= 4 is 46.7 Å². The predicted molar refractivity (Wildman–Crippen MR) is 149 cm³/mol. The fourth-order valence-corrected chi connectivity index (χ4v) is 5.32. The number of likely N-dealkylation sites (N-methyl/N-ethyl adjacent to an activating group) is 1. The second kappa shape index (κ2) is 13.0. The molecule has 0 fully saturated rings. The number of nitrogens with one attached hydrogen (secondary N) is 2. The fourth-order valence-electron chi connectivity index (χ4n) is 3.47. The van der Waals surface area contributed by atoms with Crippen LogP contribution in [0.1, 0.15) is 0 Å². The highest BCUT2D eigenvalue weighted by Gasteiger charge is 2.14. The molecule has 0 aliphatic rings. The largest absolute Gasteiger partial charge is 0.324 e. The number of amides is 2. The minimum absolute atomic E-state index is 0.0954. The highest BCUT2D eigenvalue weighted by Crippen LogP contribution is 2.34. The van der Waals surface area contributed by atoms with E-state index < -0.39 is 0 Å². The molecule has 2 amide bonds. The maximum Gasteiger partial charge on any atom is 0.238 e. The Morgan fingerprint density at radius 2 is 0.944 bits per heavy atom. The van der Waals surface area contributed by atoms with E-state index in [1.807, 2.05) is 109 Å². The van der Waals surface area contributed by atoms with Crippen molar-refractivity contribution in [3.8, 4) is 0 Å². The van der Waals surface area contributed by atoms with Gasteiger partial charge in [-0.25, -0.2) is 0 Å². The summed E-state index contributed by atoms with van der Waals surface area (Å²) in [5.74, 6) is -0.349. The second-order valence-corrected chi connectivity index (χ2v) is 10.3. The minimum Gasteiger partial charge on any atom is -0.324 e. The smallest absolute Gasteiger partial charge is 0.238 e. The molecule has 0 aliphatic carbocycles. The number of hydrogen-bond acceptors (Lipinski definition) is 5. The van der Waals surface area contributed by atoms with Crippen LogP contribution in [0.2, 0.25) is 0 Å². The molecule has 5 nitrogen and oxygen atoms in total. The predicted octanol–water partition coefficient (Wildman–Crippen LogP) is 6.50. The van der Waals surface area contributed by atoms with E-state index in [2.05, 4.69) is 10.6 Å². The maximum absolute atomic E-state index is 12.7. The normalized spacial score (nSPS) is 10.7. The van der Waals surface area contributed by atoms with Crippen LogP contribution < -0.4 is 10.6 Å². The Kier molecular flexibility index (Phi) is 9.21. The molecule has 0 unspecified atom stereocenters. The van der Waals surface area contributed by atoms with Crippen LogP contribution >= 0.6 is 23.5 Å². The van der Waals surface area contributed by atoms with Crippen LogP contribution in [0.15, 0.2) is 129 Å². The Morgan fingerprint density at radius 3 is 1.36 bits per heavy atom. The van der Waals surface area contributed by atoms with Crippen molar-refractivity contribution in [1.82, 2.24) is 4.90 Å². The van der Waals surface area contributed by atoms with Gasteiger partial charge in [0.05, 0.1) is 24.5 Å². The Hall–Kier alpha value is -3.52. The molecule has 0 saturated heterocycles. The van der Waals surface area contributed by atoms with Gasteiger partial charge in [0.15, 0.2) is 0 Å². The maximum atomic E-state index is 12.7. The summed E-state index contributed by atoms with van der Waals surface area (Å²) in [6.45, 7) is 0.191. The average molecular weight is 514 g/mol. The van der Waals surface area contributed by atoms with Gasteiger partial charge in [-0.2, -0.15) is 0 Å². The Balaban J connectivity index is 1.31. The van der Waals surface area contributed by atoms with Crippen molar-refractivity contribution in [2.24, 2.45) is 0 Å². The molecule has 4 rings (SSSR count). The zero-order chi connectivity index (χ0) is 25.2. The summed E-state index contributed by atoms with van der Waals surface area (Å²) in [6, 6.07) is 35.5. The molecule has 36 heavy (non-hydrogen) atoms. The molecule has 0 radical (unpaired) electrons. The lowest BCUT2D eigenvalue weighted by molar-refractivity contribution is -0.119. The lowest BCUT2D eigenvalue weighted by Gasteiger charge is -2.18. The van der Waals surface area contributed by atoms with Gasteiger partial charge in [0.2, 0.25) is 11.8 Å². The fraction of sp³-hybridized carbons (Fsp3) is 0.103.